The van der Waals surface area contributed by atoms with Gasteiger partial charge in [-0.05, 0) is 12.1 Å². The molecule has 0 radical (unpaired) electrons. The Morgan fingerprint density at radius 2 is 2.17 bits per heavy atom. The van der Waals surface area contributed by atoms with E-state index in [1.54, 1.807) is 12.3 Å². The quantitative estimate of drug-likeness (QED) is 0.596. The Kier molecular flexibility index (Phi) is 2.47. The van der Waals surface area contributed by atoms with Gasteiger partial charge in [0.1, 0.15) is 17.5 Å². The number of hydrogen-bond donors (Lipinski definition) is 2. The summed E-state index contributed by atoms with van der Waals surface area (Å²) in [5, 5.41) is 7.45. The van der Waals surface area contributed by atoms with Crippen molar-refractivity contribution >= 4 is 11.7 Å². The zero-order valence-electron chi connectivity index (χ0n) is 9.87. The minimum atomic E-state index is 0.0668. The fourth-order valence-corrected chi connectivity index (χ4v) is 2.13. The standard InChI is InChI=1S/C12H14N6/c13-12(14)9-1-2-15-10(7-9)18-6-5-17-4-3-16-11(17)8-18/h1-4,7H,5-6,8H2,(H3,13,14). The molecule has 6 heteroatoms. The van der Waals surface area contributed by atoms with E-state index in [9.17, 15) is 0 Å². The zero-order chi connectivity index (χ0) is 12.5. The van der Waals surface area contributed by atoms with E-state index in [-0.39, 0.29) is 5.84 Å². The van der Waals surface area contributed by atoms with Gasteiger partial charge in [-0.2, -0.15) is 0 Å². The van der Waals surface area contributed by atoms with Crippen molar-refractivity contribution in [3.63, 3.8) is 0 Å². The molecule has 0 saturated carbocycles. The minimum Gasteiger partial charge on any atom is -0.384 e. The molecule has 0 amide bonds. The van der Waals surface area contributed by atoms with Crippen molar-refractivity contribution in [2.24, 2.45) is 5.73 Å². The second kappa shape index (κ2) is 4.14. The van der Waals surface area contributed by atoms with Crippen LogP contribution in [-0.2, 0) is 13.1 Å². The predicted octanol–water partition coefficient (Wildman–Crippen LogP) is 0.582. The molecule has 1 aliphatic rings. The molecule has 0 bridgehead atoms. The van der Waals surface area contributed by atoms with Gasteiger partial charge in [0.05, 0.1) is 6.54 Å². The average Bonchev–Trinajstić information content (AvgIpc) is 2.86. The van der Waals surface area contributed by atoms with Crippen LogP contribution in [0.3, 0.4) is 0 Å². The smallest absolute Gasteiger partial charge is 0.129 e. The molecule has 0 aliphatic carbocycles. The van der Waals surface area contributed by atoms with Crippen molar-refractivity contribution in [2.75, 3.05) is 11.4 Å². The molecule has 0 unspecified atom stereocenters. The van der Waals surface area contributed by atoms with E-state index in [1.807, 2.05) is 18.5 Å². The van der Waals surface area contributed by atoms with Gasteiger partial charge >= 0.3 is 0 Å². The largest absolute Gasteiger partial charge is 0.384 e. The van der Waals surface area contributed by atoms with Crippen LogP contribution >= 0.6 is 0 Å². The molecule has 3 heterocycles. The molecule has 2 aromatic rings. The fraction of sp³-hybridized carbons (Fsp3) is 0.250. The van der Waals surface area contributed by atoms with E-state index in [4.69, 9.17) is 11.1 Å². The maximum absolute atomic E-state index is 7.45. The molecule has 3 rings (SSSR count). The Labute approximate surface area is 105 Å². The number of imidazole rings is 1. The summed E-state index contributed by atoms with van der Waals surface area (Å²) in [4.78, 5) is 10.8. The molecule has 0 spiro atoms. The number of nitrogens with one attached hydrogen (secondary N) is 1. The first-order chi connectivity index (χ1) is 8.74. The third kappa shape index (κ3) is 1.81. The maximum atomic E-state index is 7.45. The molecule has 0 atom stereocenters. The Morgan fingerprint density at radius 1 is 1.28 bits per heavy atom. The molecule has 3 N–H and O–H groups in total. The summed E-state index contributed by atoms with van der Waals surface area (Å²) in [7, 11) is 0. The number of aromatic nitrogens is 3. The highest BCUT2D eigenvalue weighted by molar-refractivity contribution is 5.95. The SMILES string of the molecule is N=C(N)c1ccnc(N2CCn3ccnc3C2)c1. The van der Waals surface area contributed by atoms with Crippen LogP contribution in [0, 0.1) is 5.41 Å². The molecule has 18 heavy (non-hydrogen) atoms. The topological polar surface area (TPSA) is 83.8 Å². The third-order valence-electron chi connectivity index (χ3n) is 3.13. The van der Waals surface area contributed by atoms with Gasteiger partial charge in [0, 0.05) is 37.2 Å². The first kappa shape index (κ1) is 10.8. The summed E-state index contributed by atoms with van der Waals surface area (Å²) >= 11 is 0. The average molecular weight is 242 g/mol. The number of nitrogen functional groups attached to an aromatic ring is 1. The first-order valence-electron chi connectivity index (χ1n) is 5.79. The van der Waals surface area contributed by atoms with Crippen molar-refractivity contribution in [1.82, 2.24) is 14.5 Å². The van der Waals surface area contributed by atoms with Gasteiger partial charge in [-0.1, -0.05) is 0 Å². The lowest BCUT2D eigenvalue weighted by Gasteiger charge is -2.28. The molecular weight excluding hydrogens is 228 g/mol. The lowest BCUT2D eigenvalue weighted by molar-refractivity contribution is 0.556. The number of nitrogens with zero attached hydrogens (tertiary/aromatic N) is 4. The maximum Gasteiger partial charge on any atom is 0.129 e. The molecular formula is C12H14N6. The monoisotopic (exact) mass is 242 g/mol. The zero-order valence-corrected chi connectivity index (χ0v) is 9.87. The summed E-state index contributed by atoms with van der Waals surface area (Å²) in [6.07, 6.45) is 5.50. The summed E-state index contributed by atoms with van der Waals surface area (Å²) in [5.74, 6) is 1.95. The Bertz CT molecular complexity index is 588. The van der Waals surface area contributed by atoms with Crippen molar-refractivity contribution in [3.8, 4) is 0 Å². The number of hydrogen-bond acceptors (Lipinski definition) is 4. The Balaban J connectivity index is 1.88. The van der Waals surface area contributed by atoms with Crippen LogP contribution in [0.15, 0.2) is 30.7 Å². The molecule has 1 aliphatic heterocycles. The van der Waals surface area contributed by atoms with Crippen LogP contribution < -0.4 is 10.6 Å². The van der Waals surface area contributed by atoms with Gasteiger partial charge in [0.2, 0.25) is 0 Å². The first-order valence-corrected chi connectivity index (χ1v) is 5.79. The van der Waals surface area contributed by atoms with E-state index in [0.717, 1.165) is 31.3 Å². The molecule has 0 aromatic carbocycles. The molecule has 6 nitrogen and oxygen atoms in total. The van der Waals surface area contributed by atoms with Gasteiger partial charge in [-0.3, -0.25) is 5.41 Å². The van der Waals surface area contributed by atoms with Crippen LogP contribution in [0.1, 0.15) is 11.4 Å². The highest BCUT2D eigenvalue weighted by Gasteiger charge is 2.18. The van der Waals surface area contributed by atoms with Crippen LogP contribution in [0.4, 0.5) is 5.82 Å². The fourth-order valence-electron chi connectivity index (χ4n) is 2.13. The second-order valence-electron chi connectivity index (χ2n) is 4.27. The molecule has 2 aromatic heterocycles. The number of rotatable bonds is 2. The van der Waals surface area contributed by atoms with E-state index in [2.05, 4.69) is 19.4 Å². The van der Waals surface area contributed by atoms with Crippen molar-refractivity contribution in [3.05, 3.63) is 42.1 Å². The van der Waals surface area contributed by atoms with Gasteiger partial charge < -0.3 is 15.2 Å². The predicted molar refractivity (Wildman–Crippen MR) is 68.5 cm³/mol. The van der Waals surface area contributed by atoms with Crippen molar-refractivity contribution < 1.29 is 0 Å². The minimum absolute atomic E-state index is 0.0668. The molecule has 0 fully saturated rings. The highest BCUT2D eigenvalue weighted by Crippen LogP contribution is 2.18. The van der Waals surface area contributed by atoms with Gasteiger partial charge in [-0.15, -0.1) is 0 Å². The van der Waals surface area contributed by atoms with Crippen LogP contribution in [0.25, 0.3) is 0 Å². The van der Waals surface area contributed by atoms with E-state index < -0.39 is 0 Å². The van der Waals surface area contributed by atoms with Gasteiger partial charge in [0.15, 0.2) is 0 Å². The lowest BCUT2D eigenvalue weighted by Crippen LogP contribution is -2.34. The molecule has 0 saturated heterocycles. The number of fused-ring (bicyclic) bond motifs is 1. The van der Waals surface area contributed by atoms with Crippen molar-refractivity contribution in [2.45, 2.75) is 13.1 Å². The molecule has 92 valence electrons. The van der Waals surface area contributed by atoms with Crippen LogP contribution in [0.2, 0.25) is 0 Å². The van der Waals surface area contributed by atoms with E-state index >= 15 is 0 Å². The van der Waals surface area contributed by atoms with E-state index in [1.165, 1.54) is 0 Å². The number of amidine groups is 1. The van der Waals surface area contributed by atoms with Crippen LogP contribution in [-0.4, -0.2) is 26.9 Å². The number of nitrogens with two attached hydrogens (primary N) is 1. The summed E-state index contributed by atoms with van der Waals surface area (Å²) in [5.41, 5.74) is 6.20. The van der Waals surface area contributed by atoms with Gasteiger partial charge in [-0.25, -0.2) is 9.97 Å². The normalized spacial score (nSPS) is 14.3. The Hall–Kier alpha value is -2.37. The lowest BCUT2D eigenvalue weighted by atomic mass is 10.2. The summed E-state index contributed by atoms with van der Waals surface area (Å²) < 4.78 is 2.14. The summed E-state index contributed by atoms with van der Waals surface area (Å²) in [6.45, 7) is 2.53. The van der Waals surface area contributed by atoms with Gasteiger partial charge in [0.25, 0.3) is 0 Å². The van der Waals surface area contributed by atoms with Crippen molar-refractivity contribution in [1.29, 1.82) is 5.41 Å². The Morgan fingerprint density at radius 3 is 3.00 bits per heavy atom. The second-order valence-corrected chi connectivity index (χ2v) is 4.27. The number of pyridine rings is 1. The number of anilines is 1. The third-order valence-corrected chi connectivity index (χ3v) is 3.13. The van der Waals surface area contributed by atoms with Crippen LogP contribution in [0.5, 0.6) is 0 Å². The van der Waals surface area contributed by atoms with E-state index in [0.29, 0.717) is 5.56 Å². The summed E-state index contributed by atoms with van der Waals surface area (Å²) in [6, 6.07) is 3.59. The highest BCUT2D eigenvalue weighted by atomic mass is 15.3.